The van der Waals surface area contributed by atoms with Gasteiger partial charge in [-0.1, -0.05) is 12.1 Å². The van der Waals surface area contributed by atoms with Gasteiger partial charge in [0.2, 0.25) is 0 Å². The molecule has 7 nitrogen and oxygen atoms in total. The van der Waals surface area contributed by atoms with E-state index < -0.39 is 0 Å². The third-order valence-electron chi connectivity index (χ3n) is 6.52. The quantitative estimate of drug-likeness (QED) is 0.420. The molecule has 0 bridgehead atoms. The standard InChI is InChI=1S/C28H29N5O2/c1-19-9-10-22(31-27(34)20-7-6-8-23(15-20)33-13-4-3-5-14-33)17-26(19)30-21-11-12-25-24(16-21)28(35)32(2)18-29-25/h6-12,15-18,30H,3-5,13-14H2,1-2H3,(H,31,34). The van der Waals surface area contributed by atoms with E-state index in [1.165, 1.54) is 30.2 Å². The van der Waals surface area contributed by atoms with Crippen LogP contribution in [0.3, 0.4) is 0 Å². The zero-order valence-corrected chi connectivity index (χ0v) is 20.0. The van der Waals surface area contributed by atoms with Gasteiger partial charge in [0.05, 0.1) is 17.2 Å². The normalized spacial score (nSPS) is 13.6. The lowest BCUT2D eigenvalue weighted by Crippen LogP contribution is -2.29. The summed E-state index contributed by atoms with van der Waals surface area (Å²) in [4.78, 5) is 32.2. The van der Waals surface area contributed by atoms with Gasteiger partial charge in [-0.3, -0.25) is 9.59 Å². The molecule has 2 N–H and O–H groups in total. The molecule has 0 spiro atoms. The highest BCUT2D eigenvalue weighted by atomic mass is 16.1. The Bertz CT molecular complexity index is 1450. The largest absolute Gasteiger partial charge is 0.372 e. The van der Waals surface area contributed by atoms with Crippen molar-refractivity contribution in [3.05, 3.63) is 88.5 Å². The Morgan fingerprint density at radius 2 is 1.74 bits per heavy atom. The summed E-state index contributed by atoms with van der Waals surface area (Å²) >= 11 is 0. The SMILES string of the molecule is Cc1ccc(NC(=O)c2cccc(N3CCCCC3)c2)cc1Nc1ccc2ncn(C)c(=O)c2c1. The van der Waals surface area contributed by atoms with Crippen molar-refractivity contribution in [2.75, 3.05) is 28.6 Å². The topological polar surface area (TPSA) is 79.3 Å². The molecule has 1 aliphatic rings. The molecule has 0 aliphatic carbocycles. The number of hydrogen-bond acceptors (Lipinski definition) is 5. The van der Waals surface area contributed by atoms with Crippen molar-refractivity contribution in [3.8, 4) is 0 Å². The molecule has 178 valence electrons. The number of aryl methyl sites for hydroxylation is 2. The Labute approximate surface area is 204 Å². The van der Waals surface area contributed by atoms with E-state index in [2.05, 4.69) is 26.6 Å². The number of fused-ring (bicyclic) bond motifs is 1. The van der Waals surface area contributed by atoms with E-state index in [4.69, 9.17) is 0 Å². The van der Waals surface area contributed by atoms with Crippen LogP contribution in [0.1, 0.15) is 35.2 Å². The van der Waals surface area contributed by atoms with Crippen LogP contribution in [0.15, 0.2) is 71.8 Å². The Balaban J connectivity index is 1.35. The van der Waals surface area contributed by atoms with Gasteiger partial charge in [-0.15, -0.1) is 0 Å². The Kier molecular flexibility index (Phi) is 6.23. The first kappa shape index (κ1) is 22.7. The van der Waals surface area contributed by atoms with Gasteiger partial charge in [0.1, 0.15) is 0 Å². The van der Waals surface area contributed by atoms with Crippen LogP contribution in [-0.2, 0) is 7.05 Å². The third kappa shape index (κ3) is 4.89. The van der Waals surface area contributed by atoms with E-state index >= 15 is 0 Å². The average molecular weight is 468 g/mol. The monoisotopic (exact) mass is 467 g/mol. The molecule has 2 heterocycles. The zero-order chi connectivity index (χ0) is 24.4. The van der Waals surface area contributed by atoms with Crippen molar-refractivity contribution in [3.63, 3.8) is 0 Å². The van der Waals surface area contributed by atoms with Gasteiger partial charge in [0, 0.05) is 48.5 Å². The van der Waals surface area contributed by atoms with Crippen LogP contribution in [0.5, 0.6) is 0 Å². The first-order chi connectivity index (χ1) is 17.0. The second kappa shape index (κ2) is 9.62. The number of hydrogen-bond donors (Lipinski definition) is 2. The minimum Gasteiger partial charge on any atom is -0.372 e. The highest BCUT2D eigenvalue weighted by Crippen LogP contribution is 2.26. The van der Waals surface area contributed by atoms with E-state index in [0.29, 0.717) is 22.2 Å². The van der Waals surface area contributed by atoms with Crippen molar-refractivity contribution in [2.45, 2.75) is 26.2 Å². The highest BCUT2D eigenvalue weighted by molar-refractivity contribution is 6.05. The number of carbonyl (C=O) groups is 1. The molecule has 1 fully saturated rings. The maximum Gasteiger partial charge on any atom is 0.260 e. The Hall–Kier alpha value is -4.13. The highest BCUT2D eigenvalue weighted by Gasteiger charge is 2.14. The predicted octanol–water partition coefficient (Wildman–Crippen LogP) is 5.23. The van der Waals surface area contributed by atoms with E-state index in [0.717, 1.165) is 35.7 Å². The lowest BCUT2D eigenvalue weighted by atomic mass is 10.1. The summed E-state index contributed by atoms with van der Waals surface area (Å²) in [5.41, 5.74) is 5.65. The van der Waals surface area contributed by atoms with E-state index in [9.17, 15) is 9.59 Å². The number of piperidine rings is 1. The van der Waals surface area contributed by atoms with E-state index in [-0.39, 0.29) is 11.5 Å². The number of anilines is 4. The van der Waals surface area contributed by atoms with Crippen molar-refractivity contribution < 1.29 is 4.79 Å². The summed E-state index contributed by atoms with van der Waals surface area (Å²) in [5, 5.41) is 6.96. The van der Waals surface area contributed by atoms with Gasteiger partial charge in [-0.25, -0.2) is 4.98 Å². The summed E-state index contributed by atoms with van der Waals surface area (Å²) < 4.78 is 1.47. The van der Waals surface area contributed by atoms with Gasteiger partial charge in [0.25, 0.3) is 11.5 Å². The number of benzene rings is 3. The number of aromatic nitrogens is 2. The number of carbonyl (C=O) groups excluding carboxylic acids is 1. The van der Waals surface area contributed by atoms with E-state index in [1.807, 2.05) is 55.5 Å². The third-order valence-corrected chi connectivity index (χ3v) is 6.52. The molecular formula is C28H29N5O2. The molecule has 1 saturated heterocycles. The molecule has 5 rings (SSSR count). The fraction of sp³-hybridized carbons (Fsp3) is 0.250. The maximum atomic E-state index is 13.0. The molecule has 1 amide bonds. The predicted molar refractivity (Wildman–Crippen MR) is 142 cm³/mol. The van der Waals surface area contributed by atoms with E-state index in [1.54, 1.807) is 13.1 Å². The summed E-state index contributed by atoms with van der Waals surface area (Å²) in [5.74, 6) is -0.140. The zero-order valence-electron chi connectivity index (χ0n) is 20.0. The Morgan fingerprint density at radius 1 is 0.943 bits per heavy atom. The number of rotatable bonds is 5. The molecule has 4 aromatic rings. The van der Waals surface area contributed by atoms with Crippen LogP contribution in [0.4, 0.5) is 22.7 Å². The minimum absolute atomic E-state index is 0.0943. The maximum absolute atomic E-state index is 13.0. The Morgan fingerprint density at radius 3 is 2.57 bits per heavy atom. The lowest BCUT2D eigenvalue weighted by Gasteiger charge is -2.29. The molecule has 3 aromatic carbocycles. The molecule has 35 heavy (non-hydrogen) atoms. The number of nitrogens with one attached hydrogen (secondary N) is 2. The lowest BCUT2D eigenvalue weighted by molar-refractivity contribution is 0.102. The molecule has 0 radical (unpaired) electrons. The van der Waals surface area contributed by atoms with Crippen LogP contribution in [-0.4, -0.2) is 28.5 Å². The second-order valence-electron chi connectivity index (χ2n) is 9.10. The summed E-state index contributed by atoms with van der Waals surface area (Å²) in [6.45, 7) is 4.07. The summed E-state index contributed by atoms with van der Waals surface area (Å²) in [6.07, 6.45) is 5.18. The van der Waals surface area contributed by atoms with Crippen LogP contribution in [0, 0.1) is 6.92 Å². The number of nitrogens with zero attached hydrogens (tertiary/aromatic N) is 3. The molecule has 0 unspecified atom stereocenters. The van der Waals surface area contributed by atoms with Crippen molar-refractivity contribution in [1.29, 1.82) is 0 Å². The van der Waals surface area contributed by atoms with Gasteiger partial charge in [-0.05, 0) is 80.3 Å². The van der Waals surface area contributed by atoms with Gasteiger partial charge < -0.3 is 20.1 Å². The molecule has 1 aromatic heterocycles. The van der Waals surface area contributed by atoms with Crippen molar-refractivity contribution >= 4 is 39.6 Å². The molecule has 0 saturated carbocycles. The molecule has 7 heteroatoms. The molecule has 0 atom stereocenters. The summed E-state index contributed by atoms with van der Waals surface area (Å²) in [7, 11) is 1.69. The van der Waals surface area contributed by atoms with Crippen LogP contribution >= 0.6 is 0 Å². The fourth-order valence-electron chi connectivity index (χ4n) is 4.48. The first-order valence-electron chi connectivity index (χ1n) is 12.0. The first-order valence-corrected chi connectivity index (χ1v) is 12.0. The van der Waals surface area contributed by atoms with Crippen LogP contribution in [0.25, 0.3) is 10.9 Å². The van der Waals surface area contributed by atoms with Crippen LogP contribution in [0.2, 0.25) is 0 Å². The molecule has 1 aliphatic heterocycles. The van der Waals surface area contributed by atoms with Gasteiger partial charge in [-0.2, -0.15) is 0 Å². The molecular weight excluding hydrogens is 438 g/mol. The summed E-state index contributed by atoms with van der Waals surface area (Å²) in [6, 6.07) is 19.1. The number of amides is 1. The smallest absolute Gasteiger partial charge is 0.260 e. The second-order valence-corrected chi connectivity index (χ2v) is 9.10. The average Bonchev–Trinajstić information content (AvgIpc) is 2.89. The van der Waals surface area contributed by atoms with Crippen molar-refractivity contribution in [2.24, 2.45) is 7.05 Å². The fourth-order valence-corrected chi connectivity index (χ4v) is 4.48. The minimum atomic E-state index is -0.140. The van der Waals surface area contributed by atoms with Crippen LogP contribution < -0.4 is 21.1 Å². The van der Waals surface area contributed by atoms with Crippen molar-refractivity contribution in [1.82, 2.24) is 9.55 Å². The van der Waals surface area contributed by atoms with Gasteiger partial charge in [0.15, 0.2) is 0 Å². The van der Waals surface area contributed by atoms with Gasteiger partial charge >= 0.3 is 0 Å².